The quantitative estimate of drug-likeness (QED) is 0.586. The third-order valence-corrected chi connectivity index (χ3v) is 3.01. The van der Waals surface area contributed by atoms with Crippen LogP contribution in [-0.4, -0.2) is 18.6 Å². The normalized spacial score (nSPS) is 13.3. The molecule has 0 aliphatic rings. The Labute approximate surface area is 116 Å². The van der Waals surface area contributed by atoms with Gasteiger partial charge in [0.15, 0.2) is 5.96 Å². The van der Waals surface area contributed by atoms with Crippen molar-refractivity contribution in [3.8, 4) is 0 Å². The summed E-state index contributed by atoms with van der Waals surface area (Å²) < 4.78 is 5.45. The van der Waals surface area contributed by atoms with Gasteiger partial charge in [0.2, 0.25) is 0 Å². The molecule has 0 spiro atoms. The lowest BCUT2D eigenvalue weighted by atomic mass is 10.1. The van der Waals surface area contributed by atoms with Gasteiger partial charge in [-0.25, -0.2) is 4.99 Å². The first-order valence-corrected chi connectivity index (χ1v) is 6.88. The molecule has 3 N–H and O–H groups in total. The predicted molar refractivity (Wildman–Crippen MR) is 80.0 cm³/mol. The summed E-state index contributed by atoms with van der Waals surface area (Å²) in [4.78, 5) is 4.38. The van der Waals surface area contributed by atoms with Gasteiger partial charge in [0.25, 0.3) is 0 Å². The van der Waals surface area contributed by atoms with E-state index in [2.05, 4.69) is 36.3 Å². The van der Waals surface area contributed by atoms with Gasteiger partial charge in [0.05, 0.1) is 13.2 Å². The Kier molecular flexibility index (Phi) is 6.97. The molecule has 0 bridgehead atoms. The van der Waals surface area contributed by atoms with Gasteiger partial charge < -0.3 is 15.8 Å². The van der Waals surface area contributed by atoms with Crippen molar-refractivity contribution in [2.24, 2.45) is 10.7 Å². The topological polar surface area (TPSA) is 59.6 Å². The van der Waals surface area contributed by atoms with E-state index in [4.69, 9.17) is 10.5 Å². The molecule has 0 aliphatic carbocycles. The number of hydrogen-bond donors (Lipinski definition) is 2. The van der Waals surface area contributed by atoms with Crippen LogP contribution in [0.25, 0.3) is 0 Å². The van der Waals surface area contributed by atoms with E-state index in [-0.39, 0.29) is 0 Å². The van der Waals surface area contributed by atoms with Crippen molar-refractivity contribution in [2.45, 2.75) is 46.4 Å². The number of guanidine groups is 1. The first-order chi connectivity index (χ1) is 9.17. The lowest BCUT2D eigenvalue weighted by Crippen LogP contribution is -2.38. The van der Waals surface area contributed by atoms with Crippen LogP contribution in [0.4, 0.5) is 0 Å². The van der Waals surface area contributed by atoms with E-state index in [1.807, 2.05) is 19.1 Å². The fourth-order valence-corrected chi connectivity index (χ4v) is 1.64. The van der Waals surface area contributed by atoms with Gasteiger partial charge in [0.1, 0.15) is 0 Å². The third kappa shape index (κ3) is 5.75. The van der Waals surface area contributed by atoms with Gasteiger partial charge in [-0.1, -0.05) is 31.2 Å². The lowest BCUT2D eigenvalue weighted by Gasteiger charge is -2.12. The molecule has 0 heterocycles. The summed E-state index contributed by atoms with van der Waals surface area (Å²) in [7, 11) is 0. The molecule has 106 valence electrons. The first-order valence-electron chi connectivity index (χ1n) is 6.88. The maximum atomic E-state index is 5.86. The smallest absolute Gasteiger partial charge is 0.189 e. The zero-order chi connectivity index (χ0) is 14.1. The van der Waals surface area contributed by atoms with E-state index in [0.29, 0.717) is 25.2 Å². The fourth-order valence-electron chi connectivity index (χ4n) is 1.64. The predicted octanol–water partition coefficient (Wildman–Crippen LogP) is 2.43. The molecule has 1 aromatic rings. The minimum absolute atomic E-state index is 0.349. The molecule has 0 radical (unpaired) electrons. The largest absolute Gasteiger partial charge is 0.377 e. The molecule has 1 atom stereocenters. The maximum absolute atomic E-state index is 5.86. The van der Waals surface area contributed by atoms with E-state index in [0.717, 1.165) is 18.6 Å². The molecule has 0 fully saturated rings. The van der Waals surface area contributed by atoms with Crippen molar-refractivity contribution in [1.82, 2.24) is 5.32 Å². The Bertz CT molecular complexity index is 404. The second-order valence-electron chi connectivity index (χ2n) is 4.56. The molecule has 0 saturated carbocycles. The van der Waals surface area contributed by atoms with E-state index in [1.165, 1.54) is 5.56 Å². The van der Waals surface area contributed by atoms with Crippen LogP contribution in [0.1, 0.15) is 38.3 Å². The zero-order valence-corrected chi connectivity index (χ0v) is 12.1. The number of benzene rings is 1. The summed E-state index contributed by atoms with van der Waals surface area (Å²) in [6, 6.07) is 8.51. The molecule has 0 aliphatic heterocycles. The van der Waals surface area contributed by atoms with E-state index in [9.17, 15) is 0 Å². The highest BCUT2D eigenvalue weighted by molar-refractivity contribution is 5.78. The van der Waals surface area contributed by atoms with Crippen LogP contribution >= 0.6 is 0 Å². The number of ether oxygens (including phenoxy) is 1. The molecule has 0 amide bonds. The minimum Gasteiger partial charge on any atom is -0.377 e. The molecule has 0 aromatic heterocycles. The average Bonchev–Trinajstić information content (AvgIpc) is 2.43. The number of nitrogens with two attached hydrogens (primary N) is 1. The van der Waals surface area contributed by atoms with Crippen molar-refractivity contribution in [3.05, 3.63) is 35.4 Å². The van der Waals surface area contributed by atoms with Gasteiger partial charge in [-0.05, 0) is 31.4 Å². The lowest BCUT2D eigenvalue weighted by molar-refractivity contribution is 0.133. The highest BCUT2D eigenvalue weighted by Gasteiger charge is 2.02. The summed E-state index contributed by atoms with van der Waals surface area (Å²) in [6.07, 6.45) is 1.02. The van der Waals surface area contributed by atoms with Crippen molar-refractivity contribution in [2.75, 3.05) is 6.61 Å². The highest BCUT2D eigenvalue weighted by atomic mass is 16.5. The van der Waals surface area contributed by atoms with Crippen molar-refractivity contribution in [1.29, 1.82) is 0 Å². The van der Waals surface area contributed by atoms with Gasteiger partial charge >= 0.3 is 0 Å². The van der Waals surface area contributed by atoms with E-state index < -0.39 is 0 Å². The molecule has 4 nitrogen and oxygen atoms in total. The second-order valence-corrected chi connectivity index (χ2v) is 4.56. The summed E-state index contributed by atoms with van der Waals surface area (Å²) >= 11 is 0. The highest BCUT2D eigenvalue weighted by Crippen LogP contribution is 2.11. The van der Waals surface area contributed by atoms with Crippen LogP contribution < -0.4 is 11.1 Å². The first kappa shape index (κ1) is 15.5. The van der Waals surface area contributed by atoms with Crippen LogP contribution in [0.5, 0.6) is 0 Å². The van der Waals surface area contributed by atoms with Crippen LogP contribution in [-0.2, 0) is 17.9 Å². The minimum atomic E-state index is 0.349. The van der Waals surface area contributed by atoms with Crippen molar-refractivity contribution < 1.29 is 4.74 Å². The summed E-state index contributed by atoms with van der Waals surface area (Å²) in [5.41, 5.74) is 8.18. The number of nitrogens with zero attached hydrogens (tertiary/aromatic N) is 1. The standard InChI is InChI=1S/C15H25N3O/c1-4-12(3)18-15(16)17-10-13-8-6-7-9-14(13)11-19-5-2/h6-9,12H,4-5,10-11H2,1-3H3,(H3,16,17,18)/t12-/m0/s1. The Morgan fingerprint density at radius 2 is 2.00 bits per heavy atom. The van der Waals surface area contributed by atoms with Crippen LogP contribution in [0.3, 0.4) is 0 Å². The zero-order valence-electron chi connectivity index (χ0n) is 12.1. The molecule has 0 saturated heterocycles. The van der Waals surface area contributed by atoms with Gasteiger partial charge in [-0.15, -0.1) is 0 Å². The Morgan fingerprint density at radius 3 is 2.63 bits per heavy atom. The number of hydrogen-bond acceptors (Lipinski definition) is 2. The fraction of sp³-hybridized carbons (Fsp3) is 0.533. The average molecular weight is 263 g/mol. The Hall–Kier alpha value is -1.55. The Balaban J connectivity index is 2.63. The third-order valence-electron chi connectivity index (χ3n) is 3.01. The van der Waals surface area contributed by atoms with E-state index >= 15 is 0 Å². The monoisotopic (exact) mass is 263 g/mol. The van der Waals surface area contributed by atoms with E-state index in [1.54, 1.807) is 0 Å². The molecule has 1 rings (SSSR count). The second kappa shape index (κ2) is 8.53. The summed E-state index contributed by atoms with van der Waals surface area (Å²) in [5, 5.41) is 3.16. The van der Waals surface area contributed by atoms with Crippen LogP contribution in [0, 0.1) is 0 Å². The maximum Gasteiger partial charge on any atom is 0.189 e. The SMILES string of the molecule is CCOCc1ccccc1CN=C(N)N[C@@H](C)CC. The molecule has 19 heavy (non-hydrogen) atoms. The summed E-state index contributed by atoms with van der Waals surface area (Å²) in [5.74, 6) is 0.501. The summed E-state index contributed by atoms with van der Waals surface area (Å²) in [6.45, 7) is 8.12. The molecular weight excluding hydrogens is 238 g/mol. The molecule has 1 aromatic carbocycles. The van der Waals surface area contributed by atoms with Gasteiger partial charge in [0, 0.05) is 12.6 Å². The van der Waals surface area contributed by atoms with Crippen molar-refractivity contribution in [3.63, 3.8) is 0 Å². The van der Waals surface area contributed by atoms with Crippen LogP contribution in [0.15, 0.2) is 29.3 Å². The van der Waals surface area contributed by atoms with Crippen molar-refractivity contribution >= 4 is 5.96 Å². The van der Waals surface area contributed by atoms with Gasteiger partial charge in [-0.3, -0.25) is 0 Å². The molecule has 4 heteroatoms. The van der Waals surface area contributed by atoms with Crippen LogP contribution in [0.2, 0.25) is 0 Å². The van der Waals surface area contributed by atoms with Gasteiger partial charge in [-0.2, -0.15) is 0 Å². The Morgan fingerprint density at radius 1 is 1.32 bits per heavy atom. The number of aliphatic imine (C=N–C) groups is 1. The number of nitrogens with one attached hydrogen (secondary N) is 1. The number of rotatable bonds is 7. The molecular formula is C15H25N3O. The molecule has 0 unspecified atom stereocenters.